The first-order chi connectivity index (χ1) is 12.3. The summed E-state index contributed by atoms with van der Waals surface area (Å²) in [5.74, 6) is -0.542. The summed E-state index contributed by atoms with van der Waals surface area (Å²) >= 11 is 11.8. The number of benzene rings is 1. The second kappa shape index (κ2) is 7.60. The summed E-state index contributed by atoms with van der Waals surface area (Å²) < 4.78 is 33.7. The van der Waals surface area contributed by atoms with Crippen molar-refractivity contribution in [2.75, 3.05) is 13.1 Å². The molecule has 140 valence electrons. The fraction of sp³-hybridized carbons (Fsp3) is 0.353. The van der Waals surface area contributed by atoms with Crippen LogP contribution in [0.15, 0.2) is 35.4 Å². The van der Waals surface area contributed by atoms with Crippen molar-refractivity contribution in [3.05, 3.63) is 46.2 Å². The SMILES string of the molecule is Cn1cc(S(=O)(=O)N2CCCCC2)cc1C(=O)Oc1ccc(Cl)cc1Cl. The molecule has 0 spiro atoms. The Morgan fingerprint density at radius 2 is 1.81 bits per heavy atom. The maximum absolute atomic E-state index is 12.7. The summed E-state index contributed by atoms with van der Waals surface area (Å²) in [6.07, 6.45) is 4.14. The number of nitrogens with zero attached hydrogens (tertiary/aromatic N) is 2. The van der Waals surface area contributed by atoms with Gasteiger partial charge in [-0.15, -0.1) is 0 Å². The van der Waals surface area contributed by atoms with Crippen LogP contribution >= 0.6 is 23.2 Å². The van der Waals surface area contributed by atoms with Gasteiger partial charge in [-0.05, 0) is 37.1 Å². The Bertz CT molecular complexity index is 934. The summed E-state index contributed by atoms with van der Waals surface area (Å²) in [6.45, 7) is 0.995. The lowest BCUT2D eigenvalue weighted by Gasteiger charge is -2.25. The number of aromatic nitrogens is 1. The van der Waals surface area contributed by atoms with Crippen LogP contribution in [0.25, 0.3) is 0 Å². The van der Waals surface area contributed by atoms with E-state index in [0.29, 0.717) is 18.1 Å². The molecule has 1 saturated heterocycles. The van der Waals surface area contributed by atoms with Gasteiger partial charge in [-0.25, -0.2) is 13.2 Å². The van der Waals surface area contributed by atoms with E-state index < -0.39 is 16.0 Å². The summed E-state index contributed by atoms with van der Waals surface area (Å²) in [5, 5.41) is 0.616. The molecule has 1 aromatic heterocycles. The number of piperidine rings is 1. The Kier molecular flexibility index (Phi) is 5.62. The summed E-state index contributed by atoms with van der Waals surface area (Å²) in [7, 11) is -2.03. The number of esters is 1. The molecule has 0 saturated carbocycles. The van der Waals surface area contributed by atoms with Gasteiger partial charge in [0.05, 0.1) is 5.02 Å². The van der Waals surface area contributed by atoms with Crippen LogP contribution in [0.3, 0.4) is 0 Å². The summed E-state index contributed by atoms with van der Waals surface area (Å²) in [6, 6.07) is 5.82. The minimum absolute atomic E-state index is 0.0797. The highest BCUT2D eigenvalue weighted by molar-refractivity contribution is 7.89. The average Bonchev–Trinajstić information content (AvgIpc) is 3.01. The van der Waals surface area contributed by atoms with E-state index in [1.165, 1.54) is 33.3 Å². The monoisotopic (exact) mass is 416 g/mol. The fourth-order valence-corrected chi connectivity index (χ4v) is 4.88. The Balaban J connectivity index is 1.84. The van der Waals surface area contributed by atoms with Crippen LogP contribution in [0.1, 0.15) is 29.8 Å². The zero-order chi connectivity index (χ0) is 18.9. The van der Waals surface area contributed by atoms with Gasteiger partial charge in [0, 0.05) is 31.4 Å². The van der Waals surface area contributed by atoms with Crippen molar-refractivity contribution in [3.8, 4) is 5.75 Å². The second-order valence-corrected chi connectivity index (χ2v) is 8.88. The molecule has 2 aromatic rings. The molecule has 26 heavy (non-hydrogen) atoms. The third-order valence-corrected chi connectivity index (χ3v) is 6.63. The van der Waals surface area contributed by atoms with Crippen molar-refractivity contribution in [3.63, 3.8) is 0 Å². The molecule has 2 heterocycles. The van der Waals surface area contributed by atoms with Gasteiger partial charge in [0.1, 0.15) is 16.3 Å². The van der Waals surface area contributed by atoms with E-state index in [-0.39, 0.29) is 21.4 Å². The molecule has 9 heteroatoms. The van der Waals surface area contributed by atoms with Gasteiger partial charge >= 0.3 is 5.97 Å². The average molecular weight is 417 g/mol. The highest BCUT2D eigenvalue weighted by Crippen LogP contribution is 2.29. The Labute approximate surface area is 162 Å². The molecule has 0 amide bonds. The number of aryl methyl sites for hydroxylation is 1. The maximum atomic E-state index is 12.7. The van der Waals surface area contributed by atoms with E-state index in [2.05, 4.69) is 0 Å². The van der Waals surface area contributed by atoms with Crippen LogP contribution in [-0.2, 0) is 17.1 Å². The largest absolute Gasteiger partial charge is 0.420 e. The molecule has 1 aliphatic heterocycles. The molecule has 1 aromatic carbocycles. The first-order valence-electron chi connectivity index (χ1n) is 8.13. The molecular formula is C17H18Cl2N2O4S. The van der Waals surface area contributed by atoms with Crippen LogP contribution in [0, 0.1) is 0 Å². The van der Waals surface area contributed by atoms with Gasteiger partial charge in [0.15, 0.2) is 0 Å². The molecule has 6 nitrogen and oxygen atoms in total. The van der Waals surface area contributed by atoms with E-state index in [0.717, 1.165) is 19.3 Å². The lowest BCUT2D eigenvalue weighted by Crippen LogP contribution is -2.35. The van der Waals surface area contributed by atoms with Gasteiger partial charge in [-0.2, -0.15) is 4.31 Å². The second-order valence-electron chi connectivity index (χ2n) is 6.10. The topological polar surface area (TPSA) is 68.6 Å². The number of halogens is 2. The van der Waals surface area contributed by atoms with E-state index in [1.807, 2.05) is 0 Å². The Morgan fingerprint density at radius 3 is 2.46 bits per heavy atom. The predicted octanol–water partition coefficient (Wildman–Crippen LogP) is 3.73. The van der Waals surface area contributed by atoms with Crippen molar-refractivity contribution < 1.29 is 17.9 Å². The molecule has 1 fully saturated rings. The quantitative estimate of drug-likeness (QED) is 0.562. The zero-order valence-electron chi connectivity index (χ0n) is 14.1. The highest BCUT2D eigenvalue weighted by atomic mass is 35.5. The molecule has 0 radical (unpaired) electrons. The maximum Gasteiger partial charge on any atom is 0.360 e. The van der Waals surface area contributed by atoms with Gasteiger partial charge < -0.3 is 9.30 Å². The van der Waals surface area contributed by atoms with Gasteiger partial charge in [-0.3, -0.25) is 0 Å². The number of sulfonamides is 1. The molecule has 0 aliphatic carbocycles. The number of carbonyl (C=O) groups is 1. The molecule has 3 rings (SSSR count). The minimum Gasteiger partial charge on any atom is -0.420 e. The molecule has 0 unspecified atom stereocenters. The summed E-state index contributed by atoms with van der Waals surface area (Å²) in [4.78, 5) is 12.5. The molecule has 0 atom stereocenters. The molecule has 1 aliphatic rings. The van der Waals surface area contributed by atoms with E-state index >= 15 is 0 Å². The van der Waals surface area contributed by atoms with Crippen LogP contribution < -0.4 is 4.74 Å². The molecule has 0 N–H and O–H groups in total. The van der Waals surface area contributed by atoms with Crippen LogP contribution in [0.2, 0.25) is 10.0 Å². The standard InChI is InChI=1S/C17H18Cl2N2O4S/c1-20-11-13(26(23,24)21-7-3-2-4-8-21)10-15(20)17(22)25-16-6-5-12(18)9-14(16)19/h5-6,9-11H,2-4,7-8H2,1H3. The first kappa shape index (κ1) is 19.2. The van der Waals surface area contributed by atoms with E-state index in [4.69, 9.17) is 27.9 Å². The zero-order valence-corrected chi connectivity index (χ0v) is 16.4. The lowest BCUT2D eigenvalue weighted by atomic mass is 10.2. The van der Waals surface area contributed by atoms with Gasteiger partial charge in [0.2, 0.25) is 10.0 Å². The normalized spacial score (nSPS) is 15.8. The number of ether oxygens (including phenoxy) is 1. The number of hydrogen-bond donors (Lipinski definition) is 0. The van der Waals surface area contributed by atoms with Crippen LogP contribution in [-0.4, -0.2) is 36.3 Å². The van der Waals surface area contributed by atoms with Gasteiger partial charge in [-0.1, -0.05) is 29.6 Å². The van der Waals surface area contributed by atoms with Crippen LogP contribution in [0.5, 0.6) is 5.75 Å². The highest BCUT2D eigenvalue weighted by Gasteiger charge is 2.29. The number of rotatable bonds is 4. The van der Waals surface area contributed by atoms with Crippen LogP contribution in [0.4, 0.5) is 0 Å². The fourth-order valence-electron chi connectivity index (χ4n) is 2.84. The number of hydrogen-bond acceptors (Lipinski definition) is 4. The predicted molar refractivity (Wildman–Crippen MR) is 99.4 cm³/mol. The minimum atomic E-state index is -3.62. The lowest BCUT2D eigenvalue weighted by molar-refractivity contribution is 0.0725. The molecule has 0 bridgehead atoms. The van der Waals surface area contributed by atoms with E-state index in [1.54, 1.807) is 13.1 Å². The number of carbonyl (C=O) groups excluding carboxylic acids is 1. The van der Waals surface area contributed by atoms with Crippen molar-refractivity contribution >= 4 is 39.2 Å². The van der Waals surface area contributed by atoms with Crippen molar-refractivity contribution in [1.29, 1.82) is 0 Å². The summed E-state index contributed by atoms with van der Waals surface area (Å²) in [5.41, 5.74) is 0.117. The van der Waals surface area contributed by atoms with E-state index in [9.17, 15) is 13.2 Å². The van der Waals surface area contributed by atoms with Crippen molar-refractivity contribution in [2.45, 2.75) is 24.2 Å². The first-order valence-corrected chi connectivity index (χ1v) is 10.3. The third kappa shape index (κ3) is 3.91. The Morgan fingerprint density at radius 1 is 1.12 bits per heavy atom. The van der Waals surface area contributed by atoms with Crippen molar-refractivity contribution in [2.24, 2.45) is 7.05 Å². The Hall–Kier alpha value is -1.54. The molecular weight excluding hydrogens is 399 g/mol. The smallest absolute Gasteiger partial charge is 0.360 e. The van der Waals surface area contributed by atoms with Crippen molar-refractivity contribution in [1.82, 2.24) is 8.87 Å². The van der Waals surface area contributed by atoms with Gasteiger partial charge in [0.25, 0.3) is 0 Å². The third-order valence-electron chi connectivity index (χ3n) is 4.24.